The number of hydrogen-bond acceptors (Lipinski definition) is 10. The van der Waals surface area contributed by atoms with E-state index in [0.717, 1.165) is 23.2 Å². The molecule has 3 aromatic carbocycles. The van der Waals surface area contributed by atoms with Gasteiger partial charge in [0, 0.05) is 42.5 Å². The molecule has 0 heterocycles. The molecule has 0 saturated carbocycles. The fourth-order valence-corrected chi connectivity index (χ4v) is 8.96. The molecule has 13 nitrogen and oxygen atoms in total. The number of ether oxygens (including phenoxy) is 6. The largest absolute Gasteiger partial charge is 0.465 e. The van der Waals surface area contributed by atoms with E-state index in [1.54, 1.807) is 20.8 Å². The van der Waals surface area contributed by atoms with E-state index < -0.39 is 56.1 Å². The van der Waals surface area contributed by atoms with Crippen LogP contribution in [0.2, 0.25) is 51.4 Å². The number of hydrogen-bond donors (Lipinski definition) is 2. The van der Waals surface area contributed by atoms with Gasteiger partial charge >= 0.3 is 12.2 Å². The Labute approximate surface area is 367 Å². The average molecular weight is 902 g/mol. The summed E-state index contributed by atoms with van der Waals surface area (Å²) in [6.45, 7) is 23.5. The highest BCUT2D eigenvalue weighted by Gasteiger charge is 2.34. The lowest BCUT2D eigenvalue weighted by atomic mass is 10.0. The van der Waals surface area contributed by atoms with Crippen molar-refractivity contribution < 1.29 is 46.4 Å². The van der Waals surface area contributed by atoms with E-state index in [9.17, 15) is 18.0 Å². The van der Waals surface area contributed by atoms with Gasteiger partial charge < -0.3 is 33.7 Å². The van der Waals surface area contributed by atoms with Crippen molar-refractivity contribution in [1.29, 1.82) is 0 Å². The van der Waals surface area contributed by atoms with Crippen LogP contribution in [0.5, 0.6) is 5.75 Å². The summed E-state index contributed by atoms with van der Waals surface area (Å²) >= 11 is 0. The molecule has 0 aliphatic carbocycles. The highest BCUT2D eigenvalue weighted by atomic mass is 32.2. The number of benzene rings is 3. The molecular formula is C45H71N3O10SSi2. The standard InChI is InChI=1S/C45H71N3O10SSi2/c1-35(2)30-48(31-42(57-34-54-25-27-61(9,10)11)39(28-36-18-14-12-15-19-36)47-44(50)58-45(3,4)5)59(51,52)38-22-23-41(56-33-53-24-26-60(6,7)8)40(29-38)46-43(49)55-32-37-20-16-13-17-21-37/h12-23,29,35,39,42H,24-28,30-34H2,1-11H3,(H,46,49)(H,47,50)/t39-,42+/m0/s1. The lowest BCUT2D eigenvalue weighted by Crippen LogP contribution is -2.53. The van der Waals surface area contributed by atoms with Crippen LogP contribution in [-0.2, 0) is 46.7 Å². The Morgan fingerprint density at radius 1 is 0.754 bits per heavy atom. The Bertz CT molecular complexity index is 1880. The third-order valence-electron chi connectivity index (χ3n) is 9.10. The number of rotatable bonds is 25. The smallest absolute Gasteiger partial charge is 0.412 e. The van der Waals surface area contributed by atoms with Crippen molar-refractivity contribution in [1.82, 2.24) is 9.62 Å². The number of carbonyl (C=O) groups is 2. The van der Waals surface area contributed by atoms with E-state index in [2.05, 4.69) is 49.9 Å². The Morgan fingerprint density at radius 2 is 1.33 bits per heavy atom. The number of amides is 2. The van der Waals surface area contributed by atoms with Crippen LogP contribution in [0.4, 0.5) is 15.3 Å². The van der Waals surface area contributed by atoms with Crippen molar-refractivity contribution in [2.24, 2.45) is 5.92 Å². The van der Waals surface area contributed by atoms with Gasteiger partial charge in [0.25, 0.3) is 0 Å². The predicted molar refractivity (Wildman–Crippen MR) is 247 cm³/mol. The van der Waals surface area contributed by atoms with Crippen molar-refractivity contribution in [2.75, 3.05) is 45.2 Å². The van der Waals surface area contributed by atoms with E-state index in [0.29, 0.717) is 19.6 Å². The second-order valence-electron chi connectivity index (χ2n) is 19.0. The van der Waals surface area contributed by atoms with Crippen molar-refractivity contribution in [2.45, 2.75) is 122 Å². The summed E-state index contributed by atoms with van der Waals surface area (Å²) in [5.41, 5.74) is 1.01. The zero-order valence-electron chi connectivity index (χ0n) is 38.2. The van der Waals surface area contributed by atoms with E-state index >= 15 is 0 Å². The molecule has 0 aromatic heterocycles. The SMILES string of the molecule is CC(C)CN(C[C@@H](OCOCC[Si](C)(C)C)[C@H](Cc1ccccc1)NC(=O)OC(C)(C)C)S(=O)(=O)c1ccc(OCOCC[Si](C)(C)C)c(NC(=O)OCc2ccccc2)c1. The van der Waals surface area contributed by atoms with Crippen LogP contribution in [0.25, 0.3) is 0 Å². The van der Waals surface area contributed by atoms with Crippen molar-refractivity contribution in [3.63, 3.8) is 0 Å². The second-order valence-corrected chi connectivity index (χ2v) is 32.2. The quantitative estimate of drug-likeness (QED) is 0.0478. The van der Waals surface area contributed by atoms with Crippen LogP contribution < -0.4 is 15.4 Å². The number of anilines is 1. The van der Waals surface area contributed by atoms with Crippen molar-refractivity contribution in [3.8, 4) is 5.75 Å². The summed E-state index contributed by atoms with van der Waals surface area (Å²) in [6.07, 6.45) is -2.01. The Morgan fingerprint density at radius 3 is 1.89 bits per heavy atom. The van der Waals surface area contributed by atoms with Crippen molar-refractivity contribution >= 4 is 44.0 Å². The summed E-state index contributed by atoms with van der Waals surface area (Å²) in [5.74, 6) is 0.108. The van der Waals surface area contributed by atoms with Gasteiger partial charge in [-0.15, -0.1) is 0 Å². The molecule has 0 aliphatic heterocycles. The van der Waals surface area contributed by atoms with Gasteiger partial charge in [0.05, 0.1) is 22.7 Å². The first-order valence-corrected chi connectivity index (χ1v) is 29.9. The lowest BCUT2D eigenvalue weighted by Gasteiger charge is -2.34. The number of alkyl carbamates (subject to hydrolysis) is 1. The van der Waals surface area contributed by atoms with Crippen LogP contribution in [0.1, 0.15) is 45.7 Å². The van der Waals surface area contributed by atoms with E-state index in [1.807, 2.05) is 74.5 Å². The monoisotopic (exact) mass is 901 g/mol. The molecule has 2 N–H and O–H groups in total. The number of nitrogens with one attached hydrogen (secondary N) is 2. The van der Waals surface area contributed by atoms with Crippen LogP contribution in [0.3, 0.4) is 0 Å². The molecule has 3 aromatic rings. The second kappa shape index (κ2) is 24.2. The third-order valence-corrected chi connectivity index (χ3v) is 14.3. The summed E-state index contributed by atoms with van der Waals surface area (Å²) in [5, 5.41) is 5.69. The van der Waals surface area contributed by atoms with Gasteiger partial charge in [-0.05, 0) is 74.5 Å². The Kier molecular flexibility index (Phi) is 20.4. The molecule has 0 spiro atoms. The Balaban J connectivity index is 2.02. The van der Waals surface area contributed by atoms with Gasteiger partial charge in [0.2, 0.25) is 10.0 Å². The van der Waals surface area contributed by atoms with Gasteiger partial charge in [-0.1, -0.05) is 114 Å². The summed E-state index contributed by atoms with van der Waals surface area (Å²) in [7, 11) is -7.04. The van der Waals surface area contributed by atoms with Gasteiger partial charge in [0.15, 0.2) is 6.79 Å². The van der Waals surface area contributed by atoms with Gasteiger partial charge in [-0.2, -0.15) is 4.31 Å². The normalized spacial score (nSPS) is 13.5. The predicted octanol–water partition coefficient (Wildman–Crippen LogP) is 9.61. The van der Waals surface area contributed by atoms with Crippen LogP contribution in [0, 0.1) is 5.92 Å². The zero-order valence-corrected chi connectivity index (χ0v) is 41.1. The number of carbonyl (C=O) groups excluding carboxylic acids is 2. The molecule has 2 atom stereocenters. The van der Waals surface area contributed by atoms with Gasteiger partial charge in [-0.25, -0.2) is 18.0 Å². The summed E-state index contributed by atoms with van der Waals surface area (Å²) in [4.78, 5) is 26.4. The molecule has 0 unspecified atom stereocenters. The highest BCUT2D eigenvalue weighted by Crippen LogP contribution is 2.31. The molecule has 61 heavy (non-hydrogen) atoms. The minimum absolute atomic E-state index is 0.00749. The van der Waals surface area contributed by atoms with Crippen molar-refractivity contribution in [3.05, 3.63) is 90.0 Å². The lowest BCUT2D eigenvalue weighted by molar-refractivity contribution is -0.100. The molecule has 16 heteroatoms. The molecule has 0 bridgehead atoms. The van der Waals surface area contributed by atoms with E-state index in [-0.39, 0.29) is 55.5 Å². The van der Waals surface area contributed by atoms with Gasteiger partial charge in [0.1, 0.15) is 24.8 Å². The fourth-order valence-electron chi connectivity index (χ4n) is 5.80. The maximum atomic E-state index is 14.9. The van der Waals surface area contributed by atoms with E-state index in [1.165, 1.54) is 22.5 Å². The molecule has 3 rings (SSSR count). The zero-order chi connectivity index (χ0) is 45.3. The third kappa shape index (κ3) is 20.8. The number of sulfonamides is 1. The minimum Gasteiger partial charge on any atom is -0.465 e. The maximum absolute atomic E-state index is 14.9. The molecule has 0 fully saturated rings. The first-order chi connectivity index (χ1) is 28.5. The van der Waals surface area contributed by atoms with Crippen LogP contribution in [-0.4, -0.2) is 98.7 Å². The van der Waals surface area contributed by atoms with E-state index in [4.69, 9.17) is 28.4 Å². The first kappa shape index (κ1) is 51.6. The average Bonchev–Trinajstić information content (AvgIpc) is 3.15. The minimum atomic E-state index is -4.29. The molecule has 340 valence electrons. The molecule has 0 saturated heterocycles. The summed E-state index contributed by atoms with van der Waals surface area (Å²) < 4.78 is 66.3. The first-order valence-electron chi connectivity index (χ1n) is 21.1. The topological polar surface area (TPSA) is 151 Å². The van der Waals surface area contributed by atoms with Crippen LogP contribution in [0.15, 0.2) is 83.8 Å². The fraction of sp³-hybridized carbons (Fsp3) is 0.556. The summed E-state index contributed by atoms with van der Waals surface area (Å²) in [6, 6.07) is 24.2. The molecule has 0 radical (unpaired) electrons. The molecule has 2 amide bonds. The molecular weight excluding hydrogens is 831 g/mol. The highest BCUT2D eigenvalue weighted by molar-refractivity contribution is 7.89. The Hall–Kier alpha value is -3.78. The number of nitrogens with zero attached hydrogens (tertiary/aromatic N) is 1. The maximum Gasteiger partial charge on any atom is 0.412 e. The van der Waals surface area contributed by atoms with Gasteiger partial charge in [-0.3, -0.25) is 5.32 Å². The molecule has 0 aliphatic rings. The van der Waals surface area contributed by atoms with Crippen LogP contribution >= 0.6 is 0 Å².